The van der Waals surface area contributed by atoms with Gasteiger partial charge in [-0.25, -0.2) is 9.97 Å². The Morgan fingerprint density at radius 1 is 1.27 bits per heavy atom. The molecule has 1 aromatic carbocycles. The average Bonchev–Trinajstić information content (AvgIpc) is 3.38. The zero-order chi connectivity index (χ0) is 23.2. The minimum absolute atomic E-state index is 0.0216. The molecule has 174 valence electrons. The van der Waals surface area contributed by atoms with Crippen molar-refractivity contribution >= 4 is 23.3 Å². The largest absolute Gasteiger partial charge is 0.466 e. The first-order valence-corrected chi connectivity index (χ1v) is 10.8. The van der Waals surface area contributed by atoms with E-state index < -0.39 is 4.92 Å². The number of nitrogens with zero attached hydrogens (tertiary/aromatic N) is 5. The summed E-state index contributed by atoms with van der Waals surface area (Å²) in [6, 6.07) is 9.51. The number of anilines is 2. The van der Waals surface area contributed by atoms with Crippen LogP contribution in [0, 0.1) is 16.0 Å². The predicted octanol–water partition coefficient (Wildman–Crippen LogP) is 2.97. The van der Waals surface area contributed by atoms with Crippen molar-refractivity contribution in [2.24, 2.45) is 5.92 Å². The van der Waals surface area contributed by atoms with Gasteiger partial charge >= 0.3 is 11.7 Å². The Bertz CT molecular complexity index is 1020. The number of hydrogen-bond donors (Lipinski definition) is 0. The van der Waals surface area contributed by atoms with Crippen LogP contribution in [-0.2, 0) is 25.5 Å². The summed E-state index contributed by atoms with van der Waals surface area (Å²) in [5, 5.41) is 12.2. The number of rotatable bonds is 8. The summed E-state index contributed by atoms with van der Waals surface area (Å²) in [5.41, 5.74) is 0.693. The molecule has 4 rings (SSSR count). The standard InChI is InChI=1S/C22H25N5O6/c1-2-32-22(28)17-8-10-25(11-9-17)20-19(27(29)30)21(24-14-23-20)26(18-13-31-15-33-18)12-16-6-4-3-5-7-16/h3-7,13-14,17H,2,8-12,15H2,1H3. The normalized spacial score (nSPS) is 15.9. The van der Waals surface area contributed by atoms with E-state index in [1.165, 1.54) is 12.6 Å². The molecule has 0 saturated carbocycles. The van der Waals surface area contributed by atoms with E-state index in [0.29, 0.717) is 38.4 Å². The first kappa shape index (κ1) is 22.3. The van der Waals surface area contributed by atoms with Gasteiger partial charge in [0.25, 0.3) is 0 Å². The maximum atomic E-state index is 12.2. The summed E-state index contributed by atoms with van der Waals surface area (Å²) in [6.45, 7) is 3.31. The van der Waals surface area contributed by atoms with Gasteiger partial charge in [0.1, 0.15) is 12.6 Å². The molecule has 2 aliphatic rings. The van der Waals surface area contributed by atoms with Crippen LogP contribution < -0.4 is 9.80 Å². The van der Waals surface area contributed by atoms with E-state index in [2.05, 4.69) is 9.97 Å². The zero-order valence-corrected chi connectivity index (χ0v) is 18.3. The second-order valence-corrected chi connectivity index (χ2v) is 7.60. The van der Waals surface area contributed by atoms with Gasteiger partial charge in [-0.2, -0.15) is 0 Å². The number of ether oxygens (including phenoxy) is 3. The molecule has 33 heavy (non-hydrogen) atoms. The maximum Gasteiger partial charge on any atom is 0.354 e. The summed E-state index contributed by atoms with van der Waals surface area (Å²) in [6.07, 6.45) is 3.79. The molecule has 11 heteroatoms. The van der Waals surface area contributed by atoms with Crippen LogP contribution in [0.15, 0.2) is 48.8 Å². The molecule has 2 aromatic rings. The third-order valence-electron chi connectivity index (χ3n) is 5.54. The molecule has 2 aliphatic heterocycles. The van der Waals surface area contributed by atoms with Crippen LogP contribution in [0.3, 0.4) is 0 Å². The zero-order valence-electron chi connectivity index (χ0n) is 18.3. The lowest BCUT2D eigenvalue weighted by Crippen LogP contribution is -2.38. The monoisotopic (exact) mass is 455 g/mol. The number of piperidine rings is 1. The van der Waals surface area contributed by atoms with Crippen molar-refractivity contribution in [3.8, 4) is 0 Å². The molecular weight excluding hydrogens is 430 g/mol. The van der Waals surface area contributed by atoms with Crippen LogP contribution in [0.1, 0.15) is 25.3 Å². The molecule has 0 atom stereocenters. The van der Waals surface area contributed by atoms with Gasteiger partial charge in [0.15, 0.2) is 0 Å². The number of benzene rings is 1. The second kappa shape index (κ2) is 10.2. The third kappa shape index (κ3) is 4.97. The van der Waals surface area contributed by atoms with Gasteiger partial charge in [0, 0.05) is 13.1 Å². The summed E-state index contributed by atoms with van der Waals surface area (Å²) in [5.74, 6) is 0.204. The Morgan fingerprint density at radius 3 is 2.67 bits per heavy atom. The fraction of sp³-hybridized carbons (Fsp3) is 0.409. The van der Waals surface area contributed by atoms with Crippen LogP contribution >= 0.6 is 0 Å². The van der Waals surface area contributed by atoms with Gasteiger partial charge in [0.2, 0.25) is 24.3 Å². The highest BCUT2D eigenvalue weighted by Gasteiger charge is 2.35. The maximum absolute atomic E-state index is 12.2. The molecule has 11 nitrogen and oxygen atoms in total. The van der Waals surface area contributed by atoms with Crippen molar-refractivity contribution in [1.82, 2.24) is 9.97 Å². The lowest BCUT2D eigenvalue weighted by Gasteiger charge is -2.32. The number of carbonyl (C=O) groups is 1. The Kier molecular flexibility index (Phi) is 6.86. The molecule has 0 unspecified atom stereocenters. The van der Waals surface area contributed by atoms with Gasteiger partial charge in [-0.3, -0.25) is 19.8 Å². The van der Waals surface area contributed by atoms with Crippen LogP contribution in [-0.4, -0.2) is 47.3 Å². The van der Waals surface area contributed by atoms with Gasteiger partial charge in [-0.05, 0) is 25.3 Å². The highest BCUT2D eigenvalue weighted by Crippen LogP contribution is 2.38. The summed E-state index contributed by atoms with van der Waals surface area (Å²) in [4.78, 5) is 35.7. The summed E-state index contributed by atoms with van der Waals surface area (Å²) >= 11 is 0. The lowest BCUT2D eigenvalue weighted by molar-refractivity contribution is -0.383. The Morgan fingerprint density at radius 2 is 2.03 bits per heavy atom. The molecule has 0 radical (unpaired) electrons. The van der Waals surface area contributed by atoms with E-state index in [1.807, 2.05) is 35.2 Å². The first-order chi connectivity index (χ1) is 16.1. The van der Waals surface area contributed by atoms with Crippen molar-refractivity contribution in [3.05, 3.63) is 64.5 Å². The molecular formula is C22H25N5O6. The Balaban J connectivity index is 1.65. The van der Waals surface area contributed by atoms with Crippen molar-refractivity contribution in [2.45, 2.75) is 26.3 Å². The highest BCUT2D eigenvalue weighted by molar-refractivity contribution is 5.75. The van der Waals surface area contributed by atoms with E-state index in [0.717, 1.165) is 5.56 Å². The van der Waals surface area contributed by atoms with Gasteiger partial charge in [0.05, 0.1) is 24.0 Å². The van der Waals surface area contributed by atoms with Crippen LogP contribution in [0.5, 0.6) is 0 Å². The van der Waals surface area contributed by atoms with E-state index in [9.17, 15) is 14.9 Å². The lowest BCUT2D eigenvalue weighted by atomic mass is 9.97. The van der Waals surface area contributed by atoms with Gasteiger partial charge < -0.3 is 19.1 Å². The predicted molar refractivity (Wildman–Crippen MR) is 118 cm³/mol. The van der Waals surface area contributed by atoms with Crippen molar-refractivity contribution in [2.75, 3.05) is 36.3 Å². The third-order valence-corrected chi connectivity index (χ3v) is 5.54. The molecule has 1 fully saturated rings. The SMILES string of the molecule is CCOC(=O)C1CCN(c2ncnc(N(Cc3ccccc3)C3=COCO3)c2[N+](=O)[O-])CC1. The minimum Gasteiger partial charge on any atom is -0.466 e. The molecule has 0 aliphatic carbocycles. The van der Waals surface area contributed by atoms with Gasteiger partial charge in [-0.1, -0.05) is 30.3 Å². The van der Waals surface area contributed by atoms with Gasteiger partial charge in [-0.15, -0.1) is 0 Å². The van der Waals surface area contributed by atoms with E-state index >= 15 is 0 Å². The Hall–Kier alpha value is -3.89. The minimum atomic E-state index is -0.476. The fourth-order valence-electron chi connectivity index (χ4n) is 3.94. The van der Waals surface area contributed by atoms with Crippen molar-refractivity contribution in [3.63, 3.8) is 0 Å². The smallest absolute Gasteiger partial charge is 0.354 e. The average molecular weight is 455 g/mol. The quantitative estimate of drug-likeness (QED) is 0.334. The number of aromatic nitrogens is 2. The van der Waals surface area contributed by atoms with E-state index in [1.54, 1.807) is 11.8 Å². The second-order valence-electron chi connectivity index (χ2n) is 7.60. The molecule has 0 bridgehead atoms. The van der Waals surface area contributed by atoms with Crippen molar-refractivity contribution in [1.29, 1.82) is 0 Å². The fourth-order valence-corrected chi connectivity index (χ4v) is 3.94. The first-order valence-electron chi connectivity index (χ1n) is 10.8. The molecule has 1 aromatic heterocycles. The topological polar surface area (TPSA) is 120 Å². The van der Waals surface area contributed by atoms with Crippen molar-refractivity contribution < 1.29 is 23.9 Å². The van der Waals surface area contributed by atoms with E-state index in [4.69, 9.17) is 14.2 Å². The number of carbonyl (C=O) groups excluding carboxylic acids is 1. The van der Waals surface area contributed by atoms with Crippen LogP contribution in [0.4, 0.5) is 17.3 Å². The number of hydrogen-bond acceptors (Lipinski definition) is 10. The number of nitro groups is 1. The van der Waals surface area contributed by atoms with Crippen LogP contribution in [0.2, 0.25) is 0 Å². The van der Waals surface area contributed by atoms with Crippen LogP contribution in [0.25, 0.3) is 0 Å². The molecule has 0 amide bonds. The molecule has 3 heterocycles. The number of esters is 1. The molecule has 1 saturated heterocycles. The molecule has 0 N–H and O–H groups in total. The van der Waals surface area contributed by atoms with E-state index in [-0.39, 0.29) is 42.5 Å². The summed E-state index contributed by atoms with van der Waals surface area (Å²) in [7, 11) is 0. The molecule has 0 spiro atoms. The Labute approximate surface area is 190 Å². The highest BCUT2D eigenvalue weighted by atomic mass is 16.7. The summed E-state index contributed by atoms with van der Waals surface area (Å²) < 4.78 is 15.9.